The van der Waals surface area contributed by atoms with Crippen molar-refractivity contribution in [2.24, 2.45) is 14.1 Å². The number of aromatic nitrogens is 5. The van der Waals surface area contributed by atoms with Crippen molar-refractivity contribution in [3.63, 3.8) is 0 Å². The molecule has 0 bridgehead atoms. The molecular formula is C22H22ClN5O3. The van der Waals surface area contributed by atoms with E-state index in [0.29, 0.717) is 12.1 Å². The second kappa shape index (κ2) is 7.70. The molecule has 0 saturated carbocycles. The number of hydrogen-bond acceptors (Lipinski definition) is 4. The summed E-state index contributed by atoms with van der Waals surface area (Å²) in [5.74, 6) is -0.190. The number of rotatable bonds is 5. The van der Waals surface area contributed by atoms with Crippen LogP contribution in [0, 0.1) is 13.8 Å². The lowest BCUT2D eigenvalue weighted by molar-refractivity contribution is 0.0972. The number of carbonyl (C=O) groups excluding carboxylic acids is 1. The van der Waals surface area contributed by atoms with E-state index in [2.05, 4.69) is 9.55 Å². The van der Waals surface area contributed by atoms with E-state index in [-0.39, 0.29) is 28.8 Å². The summed E-state index contributed by atoms with van der Waals surface area (Å²) >= 11 is 6.26. The van der Waals surface area contributed by atoms with Crippen LogP contribution in [-0.2, 0) is 27.2 Å². The van der Waals surface area contributed by atoms with Crippen molar-refractivity contribution >= 4 is 28.5 Å². The lowest BCUT2D eigenvalue weighted by Crippen LogP contribution is -2.37. The van der Waals surface area contributed by atoms with E-state index in [1.165, 1.54) is 23.2 Å². The molecule has 0 N–H and O–H groups in total. The zero-order valence-corrected chi connectivity index (χ0v) is 18.5. The molecule has 0 fully saturated rings. The Bertz CT molecular complexity index is 1440. The third-order valence-corrected chi connectivity index (χ3v) is 5.95. The van der Waals surface area contributed by atoms with Gasteiger partial charge in [0.2, 0.25) is 5.28 Å². The molecule has 3 aromatic heterocycles. The molecule has 0 aliphatic heterocycles. The van der Waals surface area contributed by atoms with Crippen LogP contribution in [0.15, 0.2) is 46.0 Å². The summed E-state index contributed by atoms with van der Waals surface area (Å²) < 4.78 is 5.67. The fraction of sp³-hybridized carbons (Fsp3) is 0.273. The van der Waals surface area contributed by atoms with Crippen LogP contribution in [0.3, 0.4) is 0 Å². The van der Waals surface area contributed by atoms with E-state index in [4.69, 9.17) is 11.6 Å². The number of benzene rings is 1. The van der Waals surface area contributed by atoms with Gasteiger partial charge < -0.3 is 9.13 Å². The fourth-order valence-corrected chi connectivity index (χ4v) is 4.11. The van der Waals surface area contributed by atoms with E-state index < -0.39 is 11.2 Å². The third kappa shape index (κ3) is 3.42. The molecule has 160 valence electrons. The number of carbonyl (C=O) groups is 1. The lowest BCUT2D eigenvalue weighted by atomic mass is 10.1. The highest BCUT2D eigenvalue weighted by Crippen LogP contribution is 2.21. The van der Waals surface area contributed by atoms with Gasteiger partial charge in [0.25, 0.3) is 5.56 Å². The normalized spacial score (nSPS) is 11.4. The molecule has 4 aromatic rings. The van der Waals surface area contributed by atoms with E-state index in [1.807, 2.05) is 50.2 Å². The minimum Gasteiger partial charge on any atom is -0.344 e. The maximum Gasteiger partial charge on any atom is 0.332 e. The minimum absolute atomic E-state index is 0.0141. The molecule has 0 saturated heterocycles. The Morgan fingerprint density at radius 3 is 2.39 bits per heavy atom. The molecule has 4 rings (SSSR count). The fourth-order valence-electron chi connectivity index (χ4n) is 3.89. The molecule has 9 heteroatoms. The topological polar surface area (TPSA) is 83.8 Å². The highest BCUT2D eigenvalue weighted by molar-refractivity contribution is 6.29. The van der Waals surface area contributed by atoms with Gasteiger partial charge in [-0.15, -0.1) is 0 Å². The Morgan fingerprint density at radius 1 is 1.03 bits per heavy atom. The number of nitrogens with zero attached hydrogens (tertiary/aromatic N) is 5. The molecule has 0 atom stereocenters. The molecule has 0 aliphatic rings. The smallest absolute Gasteiger partial charge is 0.332 e. The van der Waals surface area contributed by atoms with Crippen molar-refractivity contribution in [2.75, 3.05) is 0 Å². The van der Waals surface area contributed by atoms with Crippen LogP contribution >= 0.6 is 11.6 Å². The number of Topliss-reactive ketones (excluding diaryl/α,β-unsaturated/α-hetero) is 1. The van der Waals surface area contributed by atoms with Crippen molar-refractivity contribution in [3.05, 3.63) is 85.0 Å². The van der Waals surface area contributed by atoms with Gasteiger partial charge in [-0.1, -0.05) is 30.3 Å². The highest BCUT2D eigenvalue weighted by Gasteiger charge is 2.22. The van der Waals surface area contributed by atoms with E-state index in [1.54, 1.807) is 0 Å². The second-order valence-electron chi connectivity index (χ2n) is 7.62. The van der Waals surface area contributed by atoms with Gasteiger partial charge in [0.15, 0.2) is 16.9 Å². The summed E-state index contributed by atoms with van der Waals surface area (Å²) in [7, 11) is 2.89. The summed E-state index contributed by atoms with van der Waals surface area (Å²) in [6, 6.07) is 11.9. The molecule has 3 heterocycles. The summed E-state index contributed by atoms with van der Waals surface area (Å²) in [6.07, 6.45) is 0. The van der Waals surface area contributed by atoms with Gasteiger partial charge in [-0.25, -0.2) is 4.79 Å². The van der Waals surface area contributed by atoms with Gasteiger partial charge in [0.05, 0.1) is 6.54 Å². The van der Waals surface area contributed by atoms with Crippen LogP contribution < -0.4 is 11.2 Å². The number of imidazole rings is 1. The second-order valence-corrected chi connectivity index (χ2v) is 7.96. The molecule has 0 spiro atoms. The Balaban J connectivity index is 1.74. The number of aryl methyl sites for hydroxylation is 2. The van der Waals surface area contributed by atoms with E-state index in [9.17, 15) is 14.4 Å². The molecule has 8 nitrogen and oxygen atoms in total. The van der Waals surface area contributed by atoms with Gasteiger partial charge in [-0.05, 0) is 37.1 Å². The Hall–Kier alpha value is -3.39. The molecule has 1 aromatic carbocycles. The predicted octanol–water partition coefficient (Wildman–Crippen LogP) is 2.44. The average Bonchev–Trinajstić information content (AvgIpc) is 3.23. The maximum absolute atomic E-state index is 13.2. The van der Waals surface area contributed by atoms with Gasteiger partial charge in [-0.3, -0.25) is 18.7 Å². The molecular weight excluding hydrogens is 418 g/mol. The predicted molar refractivity (Wildman–Crippen MR) is 119 cm³/mol. The third-order valence-electron chi connectivity index (χ3n) is 5.66. The molecule has 31 heavy (non-hydrogen) atoms. The standard InChI is InChI=1S/C22H22ClN5O3/c1-13-10-16(14(2)27(13)11-15-8-6-5-7-9-15)17(29)12-28-18-19(24-21(28)23)25(3)22(31)26(4)20(18)30/h5-10H,11-12H2,1-4H3. The Labute approximate surface area is 182 Å². The van der Waals surface area contributed by atoms with Crippen LogP contribution in [0.5, 0.6) is 0 Å². The Morgan fingerprint density at radius 2 is 1.71 bits per heavy atom. The largest absolute Gasteiger partial charge is 0.344 e. The van der Waals surface area contributed by atoms with Crippen molar-refractivity contribution in [3.8, 4) is 0 Å². The number of ketones is 1. The van der Waals surface area contributed by atoms with Crippen LogP contribution in [0.1, 0.15) is 27.3 Å². The number of halogens is 1. The average molecular weight is 440 g/mol. The molecule has 0 radical (unpaired) electrons. The molecule has 0 aliphatic carbocycles. The molecule has 0 unspecified atom stereocenters. The minimum atomic E-state index is -0.542. The summed E-state index contributed by atoms with van der Waals surface area (Å²) in [5.41, 5.74) is 2.73. The quantitative estimate of drug-likeness (QED) is 0.353. The SMILES string of the molecule is Cc1cc(C(=O)Cn2c(Cl)nc3c2c(=O)n(C)c(=O)n3C)c(C)n1Cc1ccccc1. The zero-order chi connectivity index (χ0) is 22.4. The van der Waals surface area contributed by atoms with E-state index >= 15 is 0 Å². The van der Waals surface area contributed by atoms with Gasteiger partial charge in [0.1, 0.15) is 0 Å². The van der Waals surface area contributed by atoms with Crippen molar-refractivity contribution < 1.29 is 4.79 Å². The van der Waals surface area contributed by atoms with Gasteiger partial charge in [0, 0.05) is 37.6 Å². The van der Waals surface area contributed by atoms with E-state index in [0.717, 1.165) is 21.5 Å². The van der Waals surface area contributed by atoms with Crippen molar-refractivity contribution in [1.29, 1.82) is 0 Å². The van der Waals surface area contributed by atoms with Crippen LogP contribution in [0.4, 0.5) is 0 Å². The van der Waals surface area contributed by atoms with Gasteiger partial charge >= 0.3 is 5.69 Å². The first-order valence-corrected chi connectivity index (χ1v) is 10.1. The van der Waals surface area contributed by atoms with Crippen LogP contribution in [0.2, 0.25) is 5.28 Å². The summed E-state index contributed by atoms with van der Waals surface area (Å²) in [4.78, 5) is 42.2. The van der Waals surface area contributed by atoms with Crippen LogP contribution in [0.25, 0.3) is 11.2 Å². The molecule has 0 amide bonds. The maximum atomic E-state index is 13.2. The van der Waals surface area contributed by atoms with Gasteiger partial charge in [-0.2, -0.15) is 4.98 Å². The van der Waals surface area contributed by atoms with Crippen molar-refractivity contribution in [2.45, 2.75) is 26.9 Å². The first-order valence-electron chi connectivity index (χ1n) is 9.76. The first kappa shape index (κ1) is 20.9. The zero-order valence-electron chi connectivity index (χ0n) is 17.7. The number of fused-ring (bicyclic) bond motifs is 1. The monoisotopic (exact) mass is 439 g/mol. The highest BCUT2D eigenvalue weighted by atomic mass is 35.5. The first-order chi connectivity index (χ1) is 14.7. The lowest BCUT2D eigenvalue weighted by Gasteiger charge is -2.10. The summed E-state index contributed by atoms with van der Waals surface area (Å²) in [6.45, 7) is 4.36. The Kier molecular flexibility index (Phi) is 5.18. The number of hydrogen-bond donors (Lipinski definition) is 0. The van der Waals surface area contributed by atoms with Crippen molar-refractivity contribution in [1.82, 2.24) is 23.3 Å². The summed E-state index contributed by atoms with van der Waals surface area (Å²) in [5, 5.41) is -0.0141. The van der Waals surface area contributed by atoms with Crippen LogP contribution in [-0.4, -0.2) is 29.0 Å².